The first-order valence-corrected chi connectivity index (χ1v) is 5.22. The molecule has 2 rings (SSSR count). The molecule has 2 saturated heterocycles. The molecule has 0 aliphatic carbocycles. The first kappa shape index (κ1) is 12.2. The van der Waals surface area contributed by atoms with Crippen molar-refractivity contribution >= 4 is 5.91 Å². The van der Waals surface area contributed by atoms with Crippen molar-refractivity contribution in [1.29, 1.82) is 0 Å². The molecule has 2 aliphatic heterocycles. The molecule has 0 unspecified atom stereocenters. The van der Waals surface area contributed by atoms with Crippen molar-refractivity contribution in [2.45, 2.75) is 38.1 Å². The first-order valence-electron chi connectivity index (χ1n) is 5.22. The molecule has 3 nitrogen and oxygen atoms in total. The van der Waals surface area contributed by atoms with Crippen LogP contribution in [0.1, 0.15) is 32.6 Å². The average Bonchev–Trinajstić information content (AvgIpc) is 2.49. The van der Waals surface area contributed by atoms with Crippen molar-refractivity contribution < 1.29 is 25.2 Å². The summed E-state index contributed by atoms with van der Waals surface area (Å²) in [5.74, 6) is 0.130. The number of piperidine rings is 1. The zero-order chi connectivity index (χ0) is 9.31. The molecular formula is C10H17N2ORe-. The number of carbonyl (C=O) groups excluding carboxylic acids is 1. The summed E-state index contributed by atoms with van der Waals surface area (Å²) in [7, 11) is 0. The van der Waals surface area contributed by atoms with E-state index in [9.17, 15) is 4.79 Å². The molecule has 0 bridgehead atoms. The van der Waals surface area contributed by atoms with Gasteiger partial charge in [-0.1, -0.05) is 26.2 Å². The van der Waals surface area contributed by atoms with Gasteiger partial charge in [0.1, 0.15) is 0 Å². The normalized spacial score (nSPS) is 25.9. The summed E-state index contributed by atoms with van der Waals surface area (Å²) in [6, 6.07) is 0. The summed E-state index contributed by atoms with van der Waals surface area (Å²) in [5.41, 5.74) is 0.0583. The molecular weight excluding hydrogens is 350 g/mol. The van der Waals surface area contributed by atoms with Crippen LogP contribution in [0.15, 0.2) is 0 Å². The Hall–Kier alpha value is 0.0923. The molecule has 0 aromatic carbocycles. The molecule has 0 aromatic rings. The summed E-state index contributed by atoms with van der Waals surface area (Å²) in [6.45, 7) is 5.56. The summed E-state index contributed by atoms with van der Waals surface area (Å²) in [5, 5.41) is 4.28. The Kier molecular flexibility index (Phi) is 4.12. The predicted molar refractivity (Wildman–Crippen MR) is 51.7 cm³/mol. The van der Waals surface area contributed by atoms with Gasteiger partial charge in [0.15, 0.2) is 0 Å². The fraction of sp³-hybridized carbons (Fsp3) is 0.900. The van der Waals surface area contributed by atoms with Gasteiger partial charge in [-0.25, -0.2) is 0 Å². The van der Waals surface area contributed by atoms with Crippen LogP contribution in [-0.2, 0) is 25.2 Å². The van der Waals surface area contributed by atoms with Crippen molar-refractivity contribution in [2.24, 2.45) is 0 Å². The van der Waals surface area contributed by atoms with Crippen LogP contribution >= 0.6 is 0 Å². The second-order valence-corrected chi connectivity index (χ2v) is 4.16. The van der Waals surface area contributed by atoms with Crippen molar-refractivity contribution in [2.75, 3.05) is 19.6 Å². The minimum atomic E-state index is 0. The fourth-order valence-corrected chi connectivity index (χ4v) is 2.36. The fourth-order valence-electron chi connectivity index (χ4n) is 2.36. The molecule has 81 valence electrons. The molecule has 2 aliphatic rings. The third-order valence-corrected chi connectivity index (χ3v) is 3.40. The van der Waals surface area contributed by atoms with Gasteiger partial charge >= 0.3 is 0 Å². The third kappa shape index (κ3) is 2.36. The topological polar surface area (TPSA) is 34.4 Å². The van der Waals surface area contributed by atoms with E-state index in [0.29, 0.717) is 6.42 Å². The van der Waals surface area contributed by atoms with Crippen LogP contribution in [0.25, 0.3) is 5.32 Å². The van der Waals surface area contributed by atoms with Crippen LogP contribution < -0.4 is 0 Å². The van der Waals surface area contributed by atoms with E-state index in [4.69, 9.17) is 0 Å². The van der Waals surface area contributed by atoms with Crippen LogP contribution in [0.3, 0.4) is 0 Å². The summed E-state index contributed by atoms with van der Waals surface area (Å²) in [4.78, 5) is 13.5. The Bertz CT molecular complexity index is 212. The zero-order valence-electron chi connectivity index (χ0n) is 8.63. The second-order valence-electron chi connectivity index (χ2n) is 4.16. The monoisotopic (exact) mass is 368 g/mol. The Morgan fingerprint density at radius 1 is 1.36 bits per heavy atom. The molecule has 0 N–H and O–H groups in total. The molecule has 0 aromatic heterocycles. The van der Waals surface area contributed by atoms with E-state index >= 15 is 0 Å². The molecule has 2 fully saturated rings. The van der Waals surface area contributed by atoms with E-state index < -0.39 is 0 Å². The van der Waals surface area contributed by atoms with Crippen LogP contribution in [0, 0.1) is 0 Å². The van der Waals surface area contributed by atoms with Gasteiger partial charge < -0.3 is 15.0 Å². The molecule has 2 heterocycles. The molecule has 4 heteroatoms. The number of hydrogen-bond acceptors (Lipinski definition) is 2. The van der Waals surface area contributed by atoms with E-state index in [0.717, 1.165) is 38.9 Å². The van der Waals surface area contributed by atoms with Gasteiger partial charge in [-0.3, -0.25) is 0 Å². The smallest absolute Gasteiger partial charge is 0.0514 e. The van der Waals surface area contributed by atoms with Crippen LogP contribution in [0.4, 0.5) is 0 Å². The van der Waals surface area contributed by atoms with E-state index in [1.165, 1.54) is 0 Å². The number of rotatable bonds is 1. The first-order chi connectivity index (χ1) is 6.24. The molecule has 14 heavy (non-hydrogen) atoms. The van der Waals surface area contributed by atoms with Gasteiger partial charge in [0.2, 0.25) is 0 Å². The standard InChI is InChI=1S/C10H18N2O.Re/c1-2-12-7-5-10(6-8-12)4-3-9(13)11-10;/h2-8H2,1H3,(H,11,13);/p-1. The van der Waals surface area contributed by atoms with Crippen LogP contribution in [0.2, 0.25) is 0 Å². The van der Waals surface area contributed by atoms with Gasteiger partial charge in [-0.2, -0.15) is 0 Å². The molecule has 0 saturated carbocycles. The number of amides is 1. The molecule has 1 amide bonds. The van der Waals surface area contributed by atoms with E-state index in [2.05, 4.69) is 17.1 Å². The minimum absolute atomic E-state index is 0. The molecule has 1 radical (unpaired) electrons. The van der Waals surface area contributed by atoms with Crippen molar-refractivity contribution in [3.05, 3.63) is 5.32 Å². The Labute approximate surface area is 99.3 Å². The Balaban J connectivity index is 0.000000980. The summed E-state index contributed by atoms with van der Waals surface area (Å²) in [6.07, 6.45) is 3.87. The number of hydrogen-bond donors (Lipinski definition) is 0. The predicted octanol–water partition coefficient (Wildman–Crippen LogP) is 1.53. The summed E-state index contributed by atoms with van der Waals surface area (Å²) < 4.78 is 0. The van der Waals surface area contributed by atoms with Gasteiger partial charge in [0, 0.05) is 20.4 Å². The number of carbonyl (C=O) groups is 1. The number of nitrogens with zero attached hydrogens (tertiary/aromatic N) is 2. The van der Waals surface area contributed by atoms with Crippen LogP contribution in [-0.4, -0.2) is 36.0 Å². The average molecular weight is 367 g/mol. The van der Waals surface area contributed by atoms with Gasteiger partial charge in [-0.05, 0) is 26.1 Å². The zero-order valence-corrected chi connectivity index (χ0v) is 11.3. The number of likely N-dealkylation sites (tertiary alicyclic amines) is 1. The Morgan fingerprint density at radius 2 is 2.00 bits per heavy atom. The van der Waals surface area contributed by atoms with Crippen molar-refractivity contribution in [3.8, 4) is 0 Å². The van der Waals surface area contributed by atoms with Crippen molar-refractivity contribution in [1.82, 2.24) is 4.90 Å². The Morgan fingerprint density at radius 3 is 2.43 bits per heavy atom. The van der Waals surface area contributed by atoms with E-state index in [1.807, 2.05) is 0 Å². The maximum atomic E-state index is 11.1. The molecule has 0 atom stereocenters. The SMILES string of the molecule is CCN1CCC2(CCC(=O)[N-]2)CC1.[Re]. The van der Waals surface area contributed by atoms with Crippen LogP contribution in [0.5, 0.6) is 0 Å². The van der Waals surface area contributed by atoms with E-state index in [1.54, 1.807) is 0 Å². The van der Waals surface area contributed by atoms with E-state index in [-0.39, 0.29) is 31.9 Å². The largest absolute Gasteiger partial charge is 0.648 e. The quantitative estimate of drug-likeness (QED) is 0.705. The van der Waals surface area contributed by atoms with Crippen molar-refractivity contribution in [3.63, 3.8) is 0 Å². The van der Waals surface area contributed by atoms with Gasteiger partial charge in [0.05, 0.1) is 5.91 Å². The molecule has 1 spiro atoms. The van der Waals surface area contributed by atoms with Gasteiger partial charge in [-0.15, -0.1) is 5.54 Å². The maximum Gasteiger partial charge on any atom is 0.0514 e. The van der Waals surface area contributed by atoms with Gasteiger partial charge in [0.25, 0.3) is 0 Å². The summed E-state index contributed by atoms with van der Waals surface area (Å²) >= 11 is 0. The maximum absolute atomic E-state index is 11.1. The minimum Gasteiger partial charge on any atom is -0.648 e. The third-order valence-electron chi connectivity index (χ3n) is 3.40. The second kappa shape index (κ2) is 4.74.